The van der Waals surface area contributed by atoms with E-state index in [-0.39, 0.29) is 41.6 Å². The number of carbonyl (C=O) groups excluding carboxylic acids is 2. The Bertz CT molecular complexity index is 1740. The van der Waals surface area contributed by atoms with Crippen LogP contribution in [-0.2, 0) is 21.2 Å². The lowest BCUT2D eigenvalue weighted by atomic mass is 10.0. The number of likely N-dealkylation sites (N-methyl/N-ethyl adjacent to an activating group) is 1. The van der Waals surface area contributed by atoms with Gasteiger partial charge < -0.3 is 25.0 Å². The zero-order valence-electron chi connectivity index (χ0n) is 24.8. The molecule has 1 aromatic heterocycles. The van der Waals surface area contributed by atoms with Crippen LogP contribution < -0.4 is 14.8 Å². The van der Waals surface area contributed by atoms with Gasteiger partial charge in [0.1, 0.15) is 16.1 Å². The number of urea groups is 1. The third-order valence-corrected chi connectivity index (χ3v) is 10.5. The first-order valence-electron chi connectivity index (χ1n) is 14.3. The minimum atomic E-state index is -3.80. The molecule has 5 rings (SSSR count). The molecule has 3 aromatic carbocycles. The summed E-state index contributed by atoms with van der Waals surface area (Å²) in [5.74, 6) is -0.0106. The first-order chi connectivity index (χ1) is 21.1. The quantitative estimate of drug-likeness (QED) is 0.249. The minimum absolute atomic E-state index is 0.0505. The first-order valence-corrected chi connectivity index (χ1v) is 16.7. The van der Waals surface area contributed by atoms with Crippen molar-refractivity contribution in [2.45, 2.75) is 36.6 Å². The van der Waals surface area contributed by atoms with E-state index in [0.717, 1.165) is 22.1 Å². The van der Waals surface area contributed by atoms with Crippen LogP contribution in [0.1, 0.15) is 19.4 Å². The molecule has 1 aliphatic rings. The van der Waals surface area contributed by atoms with Crippen molar-refractivity contribution < 1.29 is 27.9 Å². The van der Waals surface area contributed by atoms with Gasteiger partial charge in [0.05, 0.1) is 31.3 Å². The van der Waals surface area contributed by atoms with Gasteiger partial charge in [-0.3, -0.25) is 9.52 Å². The van der Waals surface area contributed by atoms with Crippen molar-refractivity contribution in [1.82, 2.24) is 9.80 Å². The van der Waals surface area contributed by atoms with E-state index in [0.29, 0.717) is 29.2 Å². The number of hydrogen-bond acceptors (Lipinski definition) is 7. The summed E-state index contributed by atoms with van der Waals surface area (Å²) in [7, 11) is -2.11. The number of benzene rings is 3. The Hall–Kier alpha value is -4.13. The monoisotopic (exact) mass is 636 g/mol. The Kier molecular flexibility index (Phi) is 9.42. The van der Waals surface area contributed by atoms with Crippen LogP contribution in [0.2, 0.25) is 0 Å². The van der Waals surface area contributed by atoms with Crippen LogP contribution in [0, 0.1) is 5.92 Å². The number of thiophene rings is 1. The van der Waals surface area contributed by atoms with Crippen molar-refractivity contribution in [3.63, 3.8) is 0 Å². The average molecular weight is 637 g/mol. The molecule has 0 radical (unpaired) electrons. The maximum absolute atomic E-state index is 13.5. The summed E-state index contributed by atoms with van der Waals surface area (Å²) < 4.78 is 35.0. The molecule has 0 saturated carbocycles. The van der Waals surface area contributed by atoms with Crippen molar-refractivity contribution in [3.05, 3.63) is 83.7 Å². The van der Waals surface area contributed by atoms with Gasteiger partial charge in [-0.1, -0.05) is 49.4 Å². The molecule has 3 N–H and O–H groups in total. The summed E-state index contributed by atoms with van der Waals surface area (Å²) >= 11 is 1.11. The van der Waals surface area contributed by atoms with Crippen LogP contribution in [0.25, 0.3) is 10.8 Å². The molecule has 3 atom stereocenters. The Morgan fingerprint density at radius 1 is 1.14 bits per heavy atom. The highest BCUT2D eigenvalue weighted by molar-refractivity contribution is 7.94. The number of sulfonamides is 1. The predicted molar refractivity (Wildman–Crippen MR) is 173 cm³/mol. The van der Waals surface area contributed by atoms with E-state index in [1.165, 1.54) is 6.07 Å². The molecule has 0 aliphatic carbocycles. The number of aliphatic hydroxyl groups is 1. The van der Waals surface area contributed by atoms with Crippen LogP contribution >= 0.6 is 11.3 Å². The SMILES string of the molecule is C[C@H]1CN([C@@H](C)CO)C(=O)Cc2cc(NS(=O)(=O)c3cccs3)ccc2O[C@H]1CN(C)C(=O)Nc1cccc2ccccc12. The second-order valence-corrected chi connectivity index (χ2v) is 13.9. The van der Waals surface area contributed by atoms with Crippen molar-refractivity contribution in [2.75, 3.05) is 36.8 Å². The molecule has 0 spiro atoms. The van der Waals surface area contributed by atoms with E-state index >= 15 is 0 Å². The standard InChI is InChI=1S/C32H36N4O6S2/c1-21-18-36(22(2)20-37)30(38)17-24-16-25(34-44(40,41)31-12-7-15-43-31)13-14-28(24)42-29(21)19-35(3)32(39)33-27-11-6-9-23-8-4-5-10-26(23)27/h4-16,21-22,29,34,37H,17-20H2,1-3H3,(H,33,39)/t21-,22-,29-/m0/s1. The highest BCUT2D eigenvalue weighted by Crippen LogP contribution is 2.31. The lowest BCUT2D eigenvalue weighted by Gasteiger charge is -2.34. The molecular weight excluding hydrogens is 601 g/mol. The molecular formula is C32H36N4O6S2. The summed E-state index contributed by atoms with van der Waals surface area (Å²) in [6.45, 7) is 4.01. The summed E-state index contributed by atoms with van der Waals surface area (Å²) in [5.41, 5.74) is 1.49. The molecule has 10 nitrogen and oxygen atoms in total. The van der Waals surface area contributed by atoms with Crippen LogP contribution in [0.4, 0.5) is 16.2 Å². The molecule has 0 fully saturated rings. The van der Waals surface area contributed by atoms with E-state index in [1.807, 2.05) is 49.4 Å². The molecule has 44 heavy (non-hydrogen) atoms. The number of ether oxygens (including phenoxy) is 1. The topological polar surface area (TPSA) is 128 Å². The first kappa shape index (κ1) is 31.3. The smallest absolute Gasteiger partial charge is 0.321 e. The maximum Gasteiger partial charge on any atom is 0.321 e. The third-order valence-electron chi connectivity index (χ3n) is 7.76. The predicted octanol–water partition coefficient (Wildman–Crippen LogP) is 5.02. The van der Waals surface area contributed by atoms with E-state index in [2.05, 4.69) is 10.0 Å². The van der Waals surface area contributed by atoms with Crippen molar-refractivity contribution in [1.29, 1.82) is 0 Å². The van der Waals surface area contributed by atoms with Gasteiger partial charge in [0, 0.05) is 36.1 Å². The average Bonchev–Trinajstić information content (AvgIpc) is 3.57. The largest absolute Gasteiger partial charge is 0.488 e. The summed E-state index contributed by atoms with van der Waals surface area (Å²) in [6, 6.07) is 20.8. The molecule has 0 saturated heterocycles. The van der Waals surface area contributed by atoms with Gasteiger partial charge in [0.2, 0.25) is 5.91 Å². The summed E-state index contributed by atoms with van der Waals surface area (Å²) in [4.78, 5) is 30.0. The molecule has 12 heteroatoms. The second-order valence-electron chi connectivity index (χ2n) is 11.1. The van der Waals surface area contributed by atoms with Gasteiger partial charge in [0.25, 0.3) is 10.0 Å². The number of nitrogens with zero attached hydrogens (tertiary/aromatic N) is 2. The Balaban J connectivity index is 1.41. The number of amides is 3. The molecule has 2 heterocycles. The third kappa shape index (κ3) is 6.98. The molecule has 4 aromatic rings. The maximum atomic E-state index is 13.5. The van der Waals surface area contributed by atoms with Crippen LogP contribution in [0.15, 0.2) is 82.4 Å². The van der Waals surface area contributed by atoms with Crippen LogP contribution in [0.3, 0.4) is 0 Å². The van der Waals surface area contributed by atoms with Crippen LogP contribution in [0.5, 0.6) is 5.75 Å². The number of aliphatic hydroxyl groups excluding tert-OH is 1. The number of hydrogen-bond donors (Lipinski definition) is 3. The lowest BCUT2D eigenvalue weighted by Crippen LogP contribution is -2.48. The number of fused-ring (bicyclic) bond motifs is 2. The van der Waals surface area contributed by atoms with E-state index in [4.69, 9.17) is 4.74 Å². The lowest BCUT2D eigenvalue weighted by molar-refractivity contribution is -0.134. The zero-order valence-corrected chi connectivity index (χ0v) is 26.4. The number of rotatable bonds is 8. The molecule has 0 unspecified atom stereocenters. The van der Waals surface area contributed by atoms with Crippen LogP contribution in [-0.4, -0.2) is 74.2 Å². The molecule has 3 amide bonds. The Labute approximate surface area is 261 Å². The van der Waals surface area contributed by atoms with Gasteiger partial charge in [-0.15, -0.1) is 11.3 Å². The van der Waals surface area contributed by atoms with E-state index in [1.54, 1.807) is 53.4 Å². The highest BCUT2D eigenvalue weighted by Gasteiger charge is 2.32. The van der Waals surface area contributed by atoms with Gasteiger partial charge in [-0.2, -0.15) is 0 Å². The number of nitrogens with one attached hydrogen (secondary N) is 2. The van der Waals surface area contributed by atoms with Gasteiger partial charge in [-0.05, 0) is 48.0 Å². The van der Waals surface area contributed by atoms with Gasteiger partial charge >= 0.3 is 6.03 Å². The molecule has 0 bridgehead atoms. The fourth-order valence-electron chi connectivity index (χ4n) is 5.23. The van der Waals surface area contributed by atoms with Crippen molar-refractivity contribution in [3.8, 4) is 5.75 Å². The summed E-state index contributed by atoms with van der Waals surface area (Å²) in [5, 5.41) is 16.5. The van der Waals surface area contributed by atoms with Gasteiger partial charge in [0.15, 0.2) is 0 Å². The normalized spacial score (nSPS) is 17.9. The van der Waals surface area contributed by atoms with Gasteiger partial charge in [-0.25, -0.2) is 13.2 Å². The molecule has 1 aliphatic heterocycles. The zero-order chi connectivity index (χ0) is 31.4. The summed E-state index contributed by atoms with van der Waals surface area (Å²) in [6.07, 6.45) is -0.574. The van der Waals surface area contributed by atoms with Crippen molar-refractivity contribution >= 4 is 55.4 Å². The highest BCUT2D eigenvalue weighted by atomic mass is 32.2. The number of anilines is 2. The van der Waals surface area contributed by atoms with E-state index < -0.39 is 22.2 Å². The minimum Gasteiger partial charge on any atom is -0.488 e. The fourth-order valence-corrected chi connectivity index (χ4v) is 7.27. The molecule has 232 valence electrons. The Morgan fingerprint density at radius 2 is 1.91 bits per heavy atom. The second kappa shape index (κ2) is 13.2. The number of carbonyl (C=O) groups is 2. The fraction of sp³-hybridized carbons (Fsp3) is 0.312. The van der Waals surface area contributed by atoms with Crippen molar-refractivity contribution in [2.24, 2.45) is 5.92 Å². The Morgan fingerprint density at radius 3 is 2.66 bits per heavy atom. The van der Waals surface area contributed by atoms with E-state index in [9.17, 15) is 23.1 Å².